The number of amidine groups is 1. The van der Waals surface area contributed by atoms with Gasteiger partial charge in [-0.1, -0.05) is 0 Å². The third-order valence-corrected chi connectivity index (χ3v) is 2.07. The topological polar surface area (TPSA) is 37.1 Å². The van der Waals surface area contributed by atoms with Crippen molar-refractivity contribution in [1.29, 1.82) is 0 Å². The number of thiocarbonyl (C=S) groups is 1. The number of nitrogens with zero attached hydrogens (tertiary/aromatic N) is 3. The highest BCUT2D eigenvalue weighted by Gasteiger charge is 2.08. The van der Waals surface area contributed by atoms with E-state index in [2.05, 4.69) is 15.2 Å². The zero-order valence-electron chi connectivity index (χ0n) is 5.39. The summed E-state index contributed by atoms with van der Waals surface area (Å²) in [7, 11) is 0. The van der Waals surface area contributed by atoms with Crippen LogP contribution in [0, 0.1) is 0 Å². The van der Waals surface area contributed by atoms with Gasteiger partial charge in [0.15, 0.2) is 5.84 Å². The molecule has 0 bridgehead atoms. The predicted molar refractivity (Wildman–Crippen MR) is 48.3 cm³/mol. The van der Waals surface area contributed by atoms with Crippen molar-refractivity contribution in [2.75, 3.05) is 0 Å². The number of azo groups is 1. The summed E-state index contributed by atoms with van der Waals surface area (Å²) in [6, 6.07) is 1.94. The fraction of sp³-hybridized carbons (Fsp3) is 0. The quantitative estimate of drug-likeness (QED) is 0.612. The SMILES string of the molecule is S=C1N=NC(c2ccsc2)=N1. The third-order valence-electron chi connectivity index (χ3n) is 1.21. The molecule has 1 aromatic rings. The zero-order valence-corrected chi connectivity index (χ0v) is 7.02. The lowest BCUT2D eigenvalue weighted by Gasteiger charge is -1.84. The summed E-state index contributed by atoms with van der Waals surface area (Å²) >= 11 is 6.33. The van der Waals surface area contributed by atoms with Gasteiger partial charge in [-0.25, -0.2) is 0 Å². The molecule has 3 nitrogen and oxygen atoms in total. The maximum atomic E-state index is 4.73. The number of hydrogen-bond acceptors (Lipinski definition) is 3. The van der Waals surface area contributed by atoms with Gasteiger partial charge in [0.05, 0.1) is 0 Å². The van der Waals surface area contributed by atoms with E-state index >= 15 is 0 Å². The second-order valence-electron chi connectivity index (χ2n) is 1.93. The minimum atomic E-state index is 0.311. The highest BCUT2D eigenvalue weighted by atomic mass is 32.1. The predicted octanol–water partition coefficient (Wildman–Crippen LogP) is 2.25. The minimum absolute atomic E-state index is 0.311. The maximum absolute atomic E-state index is 4.73. The van der Waals surface area contributed by atoms with E-state index in [4.69, 9.17) is 12.2 Å². The zero-order chi connectivity index (χ0) is 7.68. The number of hydrogen-bond donors (Lipinski definition) is 0. The Morgan fingerprint density at radius 3 is 2.82 bits per heavy atom. The smallest absolute Gasteiger partial charge is 0.195 e. The lowest BCUT2D eigenvalue weighted by atomic mass is 10.3. The van der Waals surface area contributed by atoms with E-state index in [1.54, 1.807) is 11.3 Å². The van der Waals surface area contributed by atoms with Crippen molar-refractivity contribution < 1.29 is 0 Å². The van der Waals surface area contributed by atoms with Gasteiger partial charge >= 0.3 is 0 Å². The first-order valence-corrected chi connectivity index (χ1v) is 4.28. The van der Waals surface area contributed by atoms with E-state index in [0.717, 1.165) is 5.56 Å². The normalized spacial score (nSPS) is 15.6. The molecule has 0 amide bonds. The van der Waals surface area contributed by atoms with Gasteiger partial charge in [0.25, 0.3) is 0 Å². The van der Waals surface area contributed by atoms with Gasteiger partial charge in [0.1, 0.15) is 0 Å². The Bertz CT molecular complexity index is 337. The molecule has 0 N–H and O–H groups in total. The van der Waals surface area contributed by atoms with Crippen molar-refractivity contribution in [2.45, 2.75) is 0 Å². The Hall–Kier alpha value is -0.940. The van der Waals surface area contributed by atoms with E-state index in [1.807, 2.05) is 16.8 Å². The minimum Gasteiger partial charge on any atom is -0.195 e. The Balaban J connectivity index is 2.40. The summed E-state index contributed by atoms with van der Waals surface area (Å²) in [5.41, 5.74) is 0.985. The second kappa shape index (κ2) is 2.60. The van der Waals surface area contributed by atoms with Gasteiger partial charge in [0, 0.05) is 10.9 Å². The first kappa shape index (κ1) is 6.75. The van der Waals surface area contributed by atoms with Crippen molar-refractivity contribution in [2.24, 2.45) is 15.2 Å². The molecule has 0 fully saturated rings. The summed E-state index contributed by atoms with van der Waals surface area (Å²) in [6.45, 7) is 0. The number of thiophene rings is 1. The molecule has 11 heavy (non-hydrogen) atoms. The molecule has 1 aliphatic heterocycles. The van der Waals surface area contributed by atoms with Crippen LogP contribution < -0.4 is 0 Å². The van der Waals surface area contributed by atoms with Crippen LogP contribution >= 0.6 is 23.6 Å². The molecule has 0 aromatic carbocycles. The summed E-state index contributed by atoms with van der Waals surface area (Å²) < 4.78 is 0. The van der Waals surface area contributed by atoms with Crippen LogP contribution in [0.1, 0.15) is 5.56 Å². The standard InChI is InChI=1S/C6H3N3S2/c10-6-7-5(8-9-6)4-1-2-11-3-4/h1-3H. The largest absolute Gasteiger partial charge is 0.242 e. The van der Waals surface area contributed by atoms with E-state index in [1.165, 1.54) is 0 Å². The Morgan fingerprint density at radius 1 is 1.36 bits per heavy atom. The molecule has 1 aromatic heterocycles. The van der Waals surface area contributed by atoms with Gasteiger partial charge in [-0.05, 0) is 23.7 Å². The van der Waals surface area contributed by atoms with Crippen LogP contribution in [0.5, 0.6) is 0 Å². The monoisotopic (exact) mass is 181 g/mol. The van der Waals surface area contributed by atoms with Crippen molar-refractivity contribution in [3.63, 3.8) is 0 Å². The lowest BCUT2D eigenvalue weighted by Crippen LogP contribution is -1.89. The molecule has 0 unspecified atom stereocenters. The van der Waals surface area contributed by atoms with Gasteiger partial charge in [-0.15, -0.1) is 10.2 Å². The van der Waals surface area contributed by atoms with E-state index in [0.29, 0.717) is 10.9 Å². The molecule has 0 saturated carbocycles. The van der Waals surface area contributed by atoms with Crippen LogP contribution in [0.25, 0.3) is 0 Å². The average Bonchev–Trinajstić information content (AvgIpc) is 2.55. The third kappa shape index (κ3) is 1.24. The molecule has 1 aliphatic rings. The van der Waals surface area contributed by atoms with Crippen molar-refractivity contribution in [1.82, 2.24) is 0 Å². The molecule has 0 radical (unpaired) electrons. The summed E-state index contributed by atoms with van der Waals surface area (Å²) in [4.78, 5) is 3.95. The van der Waals surface area contributed by atoms with Crippen LogP contribution in [0.4, 0.5) is 0 Å². The van der Waals surface area contributed by atoms with Gasteiger partial charge in [-0.3, -0.25) is 0 Å². The Morgan fingerprint density at radius 2 is 2.27 bits per heavy atom. The molecule has 0 saturated heterocycles. The fourth-order valence-electron chi connectivity index (χ4n) is 0.739. The maximum Gasteiger partial charge on any atom is 0.242 e. The molecule has 2 heterocycles. The van der Waals surface area contributed by atoms with E-state index < -0.39 is 0 Å². The number of rotatable bonds is 1. The van der Waals surface area contributed by atoms with Crippen LogP contribution in [0.2, 0.25) is 0 Å². The van der Waals surface area contributed by atoms with Crippen LogP contribution in [-0.4, -0.2) is 10.9 Å². The summed E-state index contributed by atoms with van der Waals surface area (Å²) in [5, 5.41) is 11.7. The molecular formula is C6H3N3S2. The van der Waals surface area contributed by atoms with Crippen LogP contribution in [0.15, 0.2) is 32.0 Å². The number of aliphatic imine (C=N–C) groups is 1. The first-order valence-electron chi connectivity index (χ1n) is 2.93. The van der Waals surface area contributed by atoms with Crippen molar-refractivity contribution in [3.05, 3.63) is 22.4 Å². The molecular weight excluding hydrogens is 178 g/mol. The molecule has 54 valence electrons. The summed E-state index contributed by atoms with van der Waals surface area (Å²) in [5.74, 6) is 0.622. The fourth-order valence-corrected chi connectivity index (χ4v) is 1.50. The van der Waals surface area contributed by atoms with Crippen molar-refractivity contribution in [3.8, 4) is 0 Å². The highest BCUT2D eigenvalue weighted by Crippen LogP contribution is 2.12. The van der Waals surface area contributed by atoms with E-state index in [-0.39, 0.29) is 0 Å². The summed E-state index contributed by atoms with van der Waals surface area (Å²) in [6.07, 6.45) is 0. The average molecular weight is 181 g/mol. The second-order valence-corrected chi connectivity index (χ2v) is 3.08. The molecule has 2 rings (SSSR count). The molecule has 0 aliphatic carbocycles. The lowest BCUT2D eigenvalue weighted by molar-refractivity contribution is 1.40. The Labute approximate surface area is 72.5 Å². The first-order chi connectivity index (χ1) is 5.36. The molecule has 0 atom stereocenters. The van der Waals surface area contributed by atoms with Crippen LogP contribution in [-0.2, 0) is 0 Å². The van der Waals surface area contributed by atoms with E-state index in [9.17, 15) is 0 Å². The molecule has 0 spiro atoms. The molecule has 5 heteroatoms. The van der Waals surface area contributed by atoms with Gasteiger partial charge < -0.3 is 0 Å². The van der Waals surface area contributed by atoms with Gasteiger partial charge in [0.2, 0.25) is 5.11 Å². The van der Waals surface area contributed by atoms with Gasteiger partial charge in [-0.2, -0.15) is 16.3 Å². The van der Waals surface area contributed by atoms with Crippen molar-refractivity contribution >= 4 is 34.5 Å². The Kier molecular flexibility index (Phi) is 1.59. The van der Waals surface area contributed by atoms with Crippen LogP contribution in [0.3, 0.4) is 0 Å². The highest BCUT2D eigenvalue weighted by molar-refractivity contribution is 7.80.